The standard InChI is InChI=1S/C18H15ClN2O2S/c1-11-15-10-13(19)8-9-16(15)24-17(11)12(2)21-23-18(22)20-14-6-4-3-5-7-14/h3-10H,1-2H3,(H,20,22)/b21-12+. The van der Waals surface area contributed by atoms with Crippen LogP contribution in [0.2, 0.25) is 5.02 Å². The van der Waals surface area contributed by atoms with Gasteiger partial charge in [0.1, 0.15) is 0 Å². The molecule has 3 rings (SSSR count). The molecule has 1 heterocycles. The lowest BCUT2D eigenvalue weighted by molar-refractivity contribution is 0.166. The third-order valence-corrected chi connectivity index (χ3v) is 5.13. The third kappa shape index (κ3) is 3.58. The van der Waals surface area contributed by atoms with Crippen LogP contribution in [-0.4, -0.2) is 11.8 Å². The Morgan fingerprint density at radius 1 is 1.21 bits per heavy atom. The van der Waals surface area contributed by atoms with Gasteiger partial charge >= 0.3 is 6.09 Å². The molecule has 0 saturated carbocycles. The zero-order valence-electron chi connectivity index (χ0n) is 13.2. The van der Waals surface area contributed by atoms with E-state index in [9.17, 15) is 4.79 Å². The van der Waals surface area contributed by atoms with Crippen LogP contribution in [-0.2, 0) is 4.84 Å². The van der Waals surface area contributed by atoms with Crippen LogP contribution in [0.25, 0.3) is 10.1 Å². The lowest BCUT2D eigenvalue weighted by atomic mass is 10.1. The van der Waals surface area contributed by atoms with Crippen molar-refractivity contribution in [1.29, 1.82) is 0 Å². The van der Waals surface area contributed by atoms with Gasteiger partial charge < -0.3 is 0 Å². The second-order valence-corrected chi connectivity index (χ2v) is 6.73. The Hall–Kier alpha value is -2.37. The van der Waals surface area contributed by atoms with E-state index >= 15 is 0 Å². The Bertz CT molecular complexity index is 919. The quantitative estimate of drug-likeness (QED) is 0.363. The Labute approximate surface area is 148 Å². The first kappa shape index (κ1) is 16.5. The Morgan fingerprint density at radius 3 is 2.71 bits per heavy atom. The summed E-state index contributed by atoms with van der Waals surface area (Å²) in [6.45, 7) is 3.82. The summed E-state index contributed by atoms with van der Waals surface area (Å²) in [6.07, 6.45) is -0.623. The second kappa shape index (κ2) is 7.03. The molecule has 2 aromatic carbocycles. The van der Waals surface area contributed by atoms with E-state index < -0.39 is 6.09 Å². The van der Waals surface area contributed by atoms with Crippen LogP contribution in [0, 0.1) is 6.92 Å². The number of carbonyl (C=O) groups is 1. The fourth-order valence-electron chi connectivity index (χ4n) is 2.35. The molecule has 0 aliphatic carbocycles. The van der Waals surface area contributed by atoms with Gasteiger partial charge in [-0.3, -0.25) is 10.2 Å². The minimum absolute atomic E-state index is 0.623. The zero-order valence-corrected chi connectivity index (χ0v) is 14.7. The summed E-state index contributed by atoms with van der Waals surface area (Å²) >= 11 is 7.65. The van der Waals surface area contributed by atoms with Crippen molar-refractivity contribution in [3.63, 3.8) is 0 Å². The smallest absolute Gasteiger partial charge is 0.297 e. The van der Waals surface area contributed by atoms with Gasteiger partial charge in [0.25, 0.3) is 0 Å². The summed E-state index contributed by atoms with van der Waals surface area (Å²) in [5, 5.41) is 8.35. The maximum Gasteiger partial charge on any atom is 0.437 e. The van der Waals surface area contributed by atoms with Gasteiger partial charge in [-0.05, 0) is 55.1 Å². The van der Waals surface area contributed by atoms with Crippen LogP contribution in [0.5, 0.6) is 0 Å². The number of amides is 1. The number of oxime groups is 1. The number of hydrogen-bond acceptors (Lipinski definition) is 4. The fraction of sp³-hybridized carbons (Fsp3) is 0.111. The highest BCUT2D eigenvalue weighted by atomic mass is 35.5. The maximum absolute atomic E-state index is 11.8. The molecule has 122 valence electrons. The average Bonchev–Trinajstić information content (AvgIpc) is 2.90. The van der Waals surface area contributed by atoms with Crippen molar-refractivity contribution < 1.29 is 9.63 Å². The molecule has 0 saturated heterocycles. The molecule has 0 spiro atoms. The van der Waals surface area contributed by atoms with Gasteiger partial charge in [0.05, 0.1) is 10.6 Å². The van der Waals surface area contributed by atoms with Crippen LogP contribution < -0.4 is 5.32 Å². The van der Waals surface area contributed by atoms with Gasteiger partial charge in [-0.1, -0.05) is 35.0 Å². The zero-order chi connectivity index (χ0) is 17.1. The SMILES string of the molecule is C/C(=N\OC(=O)Nc1ccccc1)c1sc2ccc(Cl)cc2c1C. The van der Waals surface area contributed by atoms with E-state index in [0.29, 0.717) is 16.4 Å². The topological polar surface area (TPSA) is 50.7 Å². The molecule has 0 atom stereocenters. The number of thiophene rings is 1. The molecule has 24 heavy (non-hydrogen) atoms. The molecule has 1 N–H and O–H groups in total. The van der Waals surface area contributed by atoms with Crippen LogP contribution in [0.15, 0.2) is 53.7 Å². The van der Waals surface area contributed by atoms with Crippen molar-refractivity contribution in [2.24, 2.45) is 5.16 Å². The Kier molecular flexibility index (Phi) is 4.83. The van der Waals surface area contributed by atoms with E-state index in [2.05, 4.69) is 10.5 Å². The van der Waals surface area contributed by atoms with Crippen molar-refractivity contribution in [1.82, 2.24) is 0 Å². The number of rotatable bonds is 3. The van der Waals surface area contributed by atoms with Crippen LogP contribution in [0.1, 0.15) is 17.4 Å². The highest BCUT2D eigenvalue weighted by Crippen LogP contribution is 2.33. The minimum Gasteiger partial charge on any atom is -0.297 e. The number of benzene rings is 2. The second-order valence-electron chi connectivity index (χ2n) is 5.24. The van der Waals surface area contributed by atoms with Gasteiger partial charge in [0.15, 0.2) is 0 Å². The maximum atomic E-state index is 11.8. The number of hydrogen-bond donors (Lipinski definition) is 1. The van der Waals surface area contributed by atoms with Crippen molar-refractivity contribution in [3.8, 4) is 0 Å². The van der Waals surface area contributed by atoms with E-state index in [-0.39, 0.29) is 0 Å². The largest absolute Gasteiger partial charge is 0.437 e. The summed E-state index contributed by atoms with van der Waals surface area (Å²) in [7, 11) is 0. The number of para-hydroxylation sites is 1. The summed E-state index contributed by atoms with van der Waals surface area (Å²) in [4.78, 5) is 17.7. The van der Waals surface area contributed by atoms with Crippen LogP contribution in [0.3, 0.4) is 0 Å². The summed E-state index contributed by atoms with van der Waals surface area (Å²) in [6, 6.07) is 14.9. The van der Waals surface area contributed by atoms with E-state index in [4.69, 9.17) is 16.4 Å². The number of nitrogens with zero attached hydrogens (tertiary/aromatic N) is 1. The minimum atomic E-state index is -0.623. The highest BCUT2D eigenvalue weighted by Gasteiger charge is 2.12. The Balaban J connectivity index is 1.76. The molecule has 0 aliphatic heterocycles. The molecular formula is C18H15ClN2O2S. The van der Waals surface area contributed by atoms with Gasteiger partial charge in [-0.2, -0.15) is 0 Å². The van der Waals surface area contributed by atoms with Crippen molar-refractivity contribution >= 4 is 50.5 Å². The van der Waals surface area contributed by atoms with E-state index in [1.165, 1.54) is 0 Å². The van der Waals surface area contributed by atoms with Crippen LogP contribution >= 0.6 is 22.9 Å². The number of halogens is 1. The summed E-state index contributed by atoms with van der Waals surface area (Å²) in [5.74, 6) is 0. The van der Waals surface area contributed by atoms with Crippen molar-refractivity contribution in [3.05, 3.63) is 64.0 Å². The number of nitrogens with one attached hydrogen (secondary N) is 1. The third-order valence-electron chi connectivity index (χ3n) is 3.51. The Morgan fingerprint density at radius 2 is 1.96 bits per heavy atom. The highest BCUT2D eigenvalue weighted by molar-refractivity contribution is 7.21. The normalized spacial score (nSPS) is 11.5. The molecule has 1 amide bonds. The molecule has 0 bridgehead atoms. The number of aryl methyl sites for hydroxylation is 1. The van der Waals surface area contributed by atoms with Gasteiger partial charge in [-0.25, -0.2) is 4.79 Å². The van der Waals surface area contributed by atoms with Crippen molar-refractivity contribution in [2.45, 2.75) is 13.8 Å². The number of fused-ring (bicyclic) bond motifs is 1. The molecule has 6 heteroatoms. The molecule has 1 aromatic heterocycles. The van der Waals surface area contributed by atoms with Crippen molar-refractivity contribution in [2.75, 3.05) is 5.32 Å². The lowest BCUT2D eigenvalue weighted by Gasteiger charge is -2.03. The molecule has 4 nitrogen and oxygen atoms in total. The molecule has 3 aromatic rings. The molecular weight excluding hydrogens is 344 g/mol. The predicted molar refractivity (Wildman–Crippen MR) is 100 cm³/mol. The molecule has 0 aliphatic rings. The first-order valence-electron chi connectivity index (χ1n) is 7.31. The average molecular weight is 359 g/mol. The summed E-state index contributed by atoms with van der Waals surface area (Å²) < 4.78 is 1.12. The van der Waals surface area contributed by atoms with E-state index in [0.717, 1.165) is 20.5 Å². The fourth-order valence-corrected chi connectivity index (χ4v) is 3.65. The summed E-state index contributed by atoms with van der Waals surface area (Å²) in [5.41, 5.74) is 2.38. The molecule has 0 unspecified atom stereocenters. The lowest BCUT2D eigenvalue weighted by Crippen LogP contribution is -2.11. The van der Waals surface area contributed by atoms with Gasteiger partial charge in [0, 0.05) is 15.4 Å². The van der Waals surface area contributed by atoms with Crippen LogP contribution in [0.4, 0.5) is 10.5 Å². The molecule has 0 fully saturated rings. The number of carbonyl (C=O) groups excluding carboxylic acids is 1. The van der Waals surface area contributed by atoms with E-state index in [1.807, 2.05) is 50.2 Å². The monoisotopic (exact) mass is 358 g/mol. The first-order chi connectivity index (χ1) is 11.5. The number of anilines is 1. The van der Waals surface area contributed by atoms with Gasteiger partial charge in [-0.15, -0.1) is 11.3 Å². The molecule has 0 radical (unpaired) electrons. The van der Waals surface area contributed by atoms with E-state index in [1.54, 1.807) is 23.5 Å². The predicted octanol–water partition coefficient (Wildman–Crippen LogP) is 5.84. The van der Waals surface area contributed by atoms with Gasteiger partial charge in [0.2, 0.25) is 0 Å². The first-order valence-corrected chi connectivity index (χ1v) is 8.50.